The van der Waals surface area contributed by atoms with Gasteiger partial charge in [-0.3, -0.25) is 4.79 Å². The lowest BCUT2D eigenvalue weighted by Gasteiger charge is -2.25. The first-order valence-electron chi connectivity index (χ1n) is 8.02. The molecule has 1 aliphatic rings. The van der Waals surface area contributed by atoms with Gasteiger partial charge in [-0.2, -0.15) is 0 Å². The maximum Gasteiger partial charge on any atom is 0.270 e. The molecule has 0 unspecified atom stereocenters. The minimum atomic E-state index is 0.0979. The van der Waals surface area contributed by atoms with Crippen molar-refractivity contribution in [3.8, 4) is 0 Å². The standard InChI is InChI=1S/C19H24N2O/c1-4-20-12-8-11-17(20)18(22)21-13-16(19(2,3)14-21)15-9-6-5-7-10-15/h5-12,16H,4,13-14H2,1-3H3/t16-/m0/s1. The normalized spacial score (nSPS) is 20.3. The zero-order valence-corrected chi connectivity index (χ0v) is 13.6. The van der Waals surface area contributed by atoms with Gasteiger partial charge in [0.2, 0.25) is 0 Å². The number of carbonyl (C=O) groups excluding carboxylic acids is 1. The number of likely N-dealkylation sites (tertiary alicyclic amines) is 1. The highest BCUT2D eigenvalue weighted by molar-refractivity contribution is 5.93. The summed E-state index contributed by atoms with van der Waals surface area (Å²) in [5.74, 6) is 0.543. The molecule has 3 rings (SSSR count). The molecule has 1 saturated heterocycles. The summed E-state index contributed by atoms with van der Waals surface area (Å²) in [6.07, 6.45) is 1.98. The van der Waals surface area contributed by atoms with Gasteiger partial charge in [0, 0.05) is 31.7 Å². The largest absolute Gasteiger partial charge is 0.344 e. The highest BCUT2D eigenvalue weighted by Crippen LogP contribution is 2.42. The number of hydrogen-bond donors (Lipinski definition) is 0. The van der Waals surface area contributed by atoms with Crippen LogP contribution >= 0.6 is 0 Å². The number of aryl methyl sites for hydroxylation is 1. The molecule has 22 heavy (non-hydrogen) atoms. The third-order valence-electron chi connectivity index (χ3n) is 4.82. The Morgan fingerprint density at radius 1 is 1.18 bits per heavy atom. The summed E-state index contributed by atoms with van der Waals surface area (Å²) in [6.45, 7) is 9.02. The summed E-state index contributed by atoms with van der Waals surface area (Å²) in [5.41, 5.74) is 2.22. The zero-order valence-electron chi connectivity index (χ0n) is 13.6. The first-order chi connectivity index (χ1) is 10.5. The molecule has 1 aromatic carbocycles. The van der Waals surface area contributed by atoms with Crippen molar-refractivity contribution in [3.63, 3.8) is 0 Å². The molecule has 1 aliphatic heterocycles. The maximum absolute atomic E-state index is 12.9. The summed E-state index contributed by atoms with van der Waals surface area (Å²) in [5, 5.41) is 0. The number of amides is 1. The molecule has 0 N–H and O–H groups in total. The van der Waals surface area contributed by atoms with Crippen LogP contribution < -0.4 is 0 Å². The van der Waals surface area contributed by atoms with Crippen molar-refractivity contribution in [2.45, 2.75) is 33.2 Å². The molecule has 1 atom stereocenters. The van der Waals surface area contributed by atoms with E-state index in [4.69, 9.17) is 0 Å². The second-order valence-electron chi connectivity index (χ2n) is 6.82. The van der Waals surface area contributed by atoms with Gasteiger partial charge in [0.15, 0.2) is 0 Å². The molecular formula is C19H24N2O. The summed E-state index contributed by atoms with van der Waals surface area (Å²) in [4.78, 5) is 14.9. The predicted molar refractivity (Wildman–Crippen MR) is 89.0 cm³/mol. The first kappa shape index (κ1) is 14.9. The first-order valence-corrected chi connectivity index (χ1v) is 8.02. The van der Waals surface area contributed by atoms with Gasteiger partial charge in [0.05, 0.1) is 0 Å². The number of nitrogens with zero attached hydrogens (tertiary/aromatic N) is 2. The van der Waals surface area contributed by atoms with Crippen LogP contribution in [0.5, 0.6) is 0 Å². The Morgan fingerprint density at radius 3 is 2.59 bits per heavy atom. The molecule has 3 heteroatoms. The van der Waals surface area contributed by atoms with E-state index < -0.39 is 0 Å². The Bertz CT molecular complexity index is 657. The van der Waals surface area contributed by atoms with Crippen molar-refractivity contribution in [3.05, 3.63) is 59.9 Å². The third-order valence-corrected chi connectivity index (χ3v) is 4.82. The van der Waals surface area contributed by atoms with Crippen molar-refractivity contribution in [1.29, 1.82) is 0 Å². The van der Waals surface area contributed by atoms with Gasteiger partial charge in [0.1, 0.15) is 5.69 Å². The van der Waals surface area contributed by atoms with Crippen molar-refractivity contribution in [2.75, 3.05) is 13.1 Å². The molecule has 2 heterocycles. The third kappa shape index (κ3) is 2.56. The minimum absolute atomic E-state index is 0.0979. The van der Waals surface area contributed by atoms with E-state index in [1.54, 1.807) is 0 Å². The van der Waals surface area contributed by atoms with Gasteiger partial charge in [-0.1, -0.05) is 44.2 Å². The molecule has 1 aromatic heterocycles. The molecule has 0 radical (unpaired) electrons. The molecule has 3 nitrogen and oxygen atoms in total. The number of benzene rings is 1. The van der Waals surface area contributed by atoms with Crippen LogP contribution in [0.15, 0.2) is 48.7 Å². The van der Waals surface area contributed by atoms with E-state index in [0.29, 0.717) is 5.92 Å². The predicted octanol–water partition coefficient (Wildman–Crippen LogP) is 3.77. The van der Waals surface area contributed by atoms with Crippen LogP contribution in [-0.4, -0.2) is 28.5 Å². The molecule has 1 fully saturated rings. The summed E-state index contributed by atoms with van der Waals surface area (Å²) >= 11 is 0. The van der Waals surface area contributed by atoms with Crippen molar-refractivity contribution < 1.29 is 4.79 Å². The molecule has 0 spiro atoms. The van der Waals surface area contributed by atoms with Gasteiger partial charge in [-0.05, 0) is 30.0 Å². The molecule has 2 aromatic rings. The minimum Gasteiger partial charge on any atom is -0.344 e. The maximum atomic E-state index is 12.9. The van der Waals surface area contributed by atoms with E-state index in [2.05, 4.69) is 45.0 Å². The topological polar surface area (TPSA) is 25.2 Å². The quantitative estimate of drug-likeness (QED) is 0.846. The van der Waals surface area contributed by atoms with Crippen molar-refractivity contribution in [1.82, 2.24) is 9.47 Å². The van der Waals surface area contributed by atoms with Crippen LogP contribution in [-0.2, 0) is 6.54 Å². The molecular weight excluding hydrogens is 272 g/mol. The van der Waals surface area contributed by atoms with Crippen LogP contribution in [0.3, 0.4) is 0 Å². The van der Waals surface area contributed by atoms with Crippen LogP contribution in [0.2, 0.25) is 0 Å². The lowest BCUT2D eigenvalue weighted by Crippen LogP contribution is -2.31. The molecule has 116 valence electrons. The summed E-state index contributed by atoms with van der Waals surface area (Å²) in [6, 6.07) is 14.4. The molecule has 0 bridgehead atoms. The van der Waals surface area contributed by atoms with E-state index in [9.17, 15) is 4.79 Å². The highest BCUT2D eigenvalue weighted by Gasteiger charge is 2.42. The van der Waals surface area contributed by atoms with Gasteiger partial charge in [-0.25, -0.2) is 0 Å². The van der Waals surface area contributed by atoms with Gasteiger partial charge in [-0.15, -0.1) is 0 Å². The Kier molecular flexibility index (Phi) is 3.81. The van der Waals surface area contributed by atoms with Crippen molar-refractivity contribution in [2.24, 2.45) is 5.41 Å². The van der Waals surface area contributed by atoms with Gasteiger partial charge >= 0.3 is 0 Å². The van der Waals surface area contributed by atoms with Gasteiger partial charge in [0.25, 0.3) is 5.91 Å². The van der Waals surface area contributed by atoms with Crippen LogP contribution in [0.1, 0.15) is 42.7 Å². The number of hydrogen-bond acceptors (Lipinski definition) is 1. The van der Waals surface area contributed by atoms with Gasteiger partial charge < -0.3 is 9.47 Å². The Hall–Kier alpha value is -2.03. The summed E-state index contributed by atoms with van der Waals surface area (Å²) in [7, 11) is 0. The average molecular weight is 296 g/mol. The molecule has 1 amide bonds. The van der Waals surface area contributed by atoms with E-state index in [1.807, 2.05) is 33.9 Å². The zero-order chi connectivity index (χ0) is 15.7. The van der Waals surface area contributed by atoms with Crippen molar-refractivity contribution >= 4 is 5.91 Å². The number of carbonyl (C=O) groups is 1. The van der Waals surface area contributed by atoms with Crippen LogP contribution in [0.4, 0.5) is 0 Å². The lowest BCUT2D eigenvalue weighted by atomic mass is 9.78. The highest BCUT2D eigenvalue weighted by atomic mass is 16.2. The number of aromatic nitrogens is 1. The molecule has 0 saturated carbocycles. The van der Waals surface area contributed by atoms with E-state index in [0.717, 1.165) is 25.3 Å². The summed E-state index contributed by atoms with van der Waals surface area (Å²) < 4.78 is 2.02. The smallest absolute Gasteiger partial charge is 0.270 e. The fourth-order valence-corrected chi connectivity index (χ4v) is 3.58. The second kappa shape index (κ2) is 5.64. The lowest BCUT2D eigenvalue weighted by molar-refractivity contribution is 0.0767. The van der Waals surface area contributed by atoms with E-state index in [-0.39, 0.29) is 11.3 Å². The monoisotopic (exact) mass is 296 g/mol. The van der Waals surface area contributed by atoms with E-state index >= 15 is 0 Å². The Morgan fingerprint density at radius 2 is 1.91 bits per heavy atom. The van der Waals surface area contributed by atoms with Crippen LogP contribution in [0, 0.1) is 5.41 Å². The van der Waals surface area contributed by atoms with E-state index in [1.165, 1.54) is 5.56 Å². The number of rotatable bonds is 3. The fourth-order valence-electron chi connectivity index (χ4n) is 3.58. The molecule has 0 aliphatic carbocycles. The fraction of sp³-hybridized carbons (Fsp3) is 0.421. The Balaban J connectivity index is 1.85. The SMILES string of the molecule is CCn1cccc1C(=O)N1C[C@@H](c2ccccc2)C(C)(C)C1. The Labute approximate surface area is 132 Å². The second-order valence-corrected chi connectivity index (χ2v) is 6.82. The van der Waals surface area contributed by atoms with Crippen LogP contribution in [0.25, 0.3) is 0 Å². The average Bonchev–Trinajstić information content (AvgIpc) is 3.11.